The fourth-order valence-electron chi connectivity index (χ4n) is 2.32. The van der Waals surface area contributed by atoms with Gasteiger partial charge in [-0.05, 0) is 25.0 Å². The molecule has 2 unspecified atom stereocenters. The van der Waals surface area contributed by atoms with Gasteiger partial charge in [-0.3, -0.25) is 4.79 Å². The Hall–Kier alpha value is -2.37. The van der Waals surface area contributed by atoms with Crippen molar-refractivity contribution in [2.24, 2.45) is 5.92 Å². The van der Waals surface area contributed by atoms with Crippen molar-refractivity contribution in [3.63, 3.8) is 0 Å². The molecule has 0 saturated carbocycles. The first-order chi connectivity index (χ1) is 9.25. The normalized spacial score (nSPS) is 22.5. The highest BCUT2D eigenvalue weighted by Gasteiger charge is 2.34. The third-order valence-electron chi connectivity index (χ3n) is 3.35. The summed E-state index contributed by atoms with van der Waals surface area (Å²) >= 11 is 0. The van der Waals surface area contributed by atoms with Gasteiger partial charge in [-0.25, -0.2) is 0 Å². The molecule has 0 aliphatic heterocycles. The molecule has 6 heteroatoms. The molecule has 2 heterocycles. The molecule has 2 atom stereocenters. The molecule has 2 aromatic rings. The van der Waals surface area contributed by atoms with E-state index in [0.717, 1.165) is 5.69 Å². The largest absolute Gasteiger partial charge is 0.481 e. The summed E-state index contributed by atoms with van der Waals surface area (Å²) in [7, 11) is 0. The molecule has 0 spiro atoms. The fourth-order valence-corrected chi connectivity index (χ4v) is 2.32. The molecule has 0 amide bonds. The standard InChI is InChI=1S/C13H13N3O3/c17-13(18)9-5-2-1-4-8(9)12-15-11(16-19-12)10-6-3-7-14-10/h1-3,6-9,14H,4-5H2,(H,17,18). The molecule has 3 rings (SSSR count). The second-order valence-corrected chi connectivity index (χ2v) is 4.53. The number of H-pyrrole nitrogens is 1. The SMILES string of the molecule is O=C(O)C1CC=CCC1c1nc(-c2ccc[nH]2)no1. The van der Waals surface area contributed by atoms with Crippen molar-refractivity contribution in [2.75, 3.05) is 0 Å². The van der Waals surface area contributed by atoms with Crippen LogP contribution in [0.3, 0.4) is 0 Å². The zero-order valence-electron chi connectivity index (χ0n) is 10.1. The maximum Gasteiger partial charge on any atom is 0.307 e. The first-order valence-corrected chi connectivity index (χ1v) is 6.11. The minimum absolute atomic E-state index is 0.251. The Morgan fingerprint density at radius 3 is 3.00 bits per heavy atom. The van der Waals surface area contributed by atoms with E-state index in [0.29, 0.717) is 24.6 Å². The number of allylic oxidation sites excluding steroid dienone is 2. The Bertz CT molecular complexity index is 600. The van der Waals surface area contributed by atoms with Crippen LogP contribution in [0.5, 0.6) is 0 Å². The number of carboxylic acids is 1. The minimum Gasteiger partial charge on any atom is -0.481 e. The van der Waals surface area contributed by atoms with Crippen molar-refractivity contribution in [2.45, 2.75) is 18.8 Å². The molecule has 0 radical (unpaired) electrons. The second-order valence-electron chi connectivity index (χ2n) is 4.53. The van der Waals surface area contributed by atoms with Gasteiger partial charge in [-0.2, -0.15) is 4.98 Å². The number of nitrogens with one attached hydrogen (secondary N) is 1. The number of carbonyl (C=O) groups is 1. The summed E-state index contributed by atoms with van der Waals surface area (Å²) in [5.74, 6) is -0.727. The summed E-state index contributed by atoms with van der Waals surface area (Å²) in [5.41, 5.74) is 0.758. The first-order valence-electron chi connectivity index (χ1n) is 6.11. The van der Waals surface area contributed by atoms with Crippen LogP contribution in [-0.4, -0.2) is 26.2 Å². The Labute approximate surface area is 109 Å². The number of hydrogen-bond donors (Lipinski definition) is 2. The van der Waals surface area contributed by atoms with Gasteiger partial charge in [0.1, 0.15) is 0 Å². The maximum absolute atomic E-state index is 11.2. The van der Waals surface area contributed by atoms with Crippen LogP contribution in [0.1, 0.15) is 24.7 Å². The zero-order chi connectivity index (χ0) is 13.2. The molecule has 1 aliphatic carbocycles. The average Bonchev–Trinajstić information content (AvgIpc) is 3.09. The van der Waals surface area contributed by atoms with Crippen LogP contribution < -0.4 is 0 Å². The van der Waals surface area contributed by atoms with Crippen molar-refractivity contribution < 1.29 is 14.4 Å². The number of nitrogens with zero attached hydrogens (tertiary/aromatic N) is 2. The van der Waals surface area contributed by atoms with E-state index >= 15 is 0 Å². The summed E-state index contributed by atoms with van der Waals surface area (Å²) in [6, 6.07) is 3.68. The van der Waals surface area contributed by atoms with E-state index in [1.807, 2.05) is 24.3 Å². The summed E-state index contributed by atoms with van der Waals surface area (Å²) in [4.78, 5) is 18.5. The van der Waals surface area contributed by atoms with E-state index in [-0.39, 0.29) is 5.92 Å². The lowest BCUT2D eigenvalue weighted by Crippen LogP contribution is -2.23. The van der Waals surface area contributed by atoms with Crippen molar-refractivity contribution >= 4 is 5.97 Å². The maximum atomic E-state index is 11.2. The molecular formula is C13H13N3O3. The predicted molar refractivity (Wildman–Crippen MR) is 66.3 cm³/mol. The van der Waals surface area contributed by atoms with Crippen molar-refractivity contribution in [1.82, 2.24) is 15.1 Å². The third kappa shape index (κ3) is 2.16. The number of aliphatic carboxylic acids is 1. The van der Waals surface area contributed by atoms with Crippen LogP contribution in [0.4, 0.5) is 0 Å². The van der Waals surface area contributed by atoms with Gasteiger partial charge in [0.2, 0.25) is 11.7 Å². The van der Waals surface area contributed by atoms with E-state index in [4.69, 9.17) is 4.52 Å². The van der Waals surface area contributed by atoms with Crippen LogP contribution >= 0.6 is 0 Å². The Balaban J connectivity index is 1.89. The highest BCUT2D eigenvalue weighted by atomic mass is 16.5. The topological polar surface area (TPSA) is 92.0 Å². The molecule has 0 fully saturated rings. The molecule has 0 bridgehead atoms. The van der Waals surface area contributed by atoms with Gasteiger partial charge in [0.05, 0.1) is 17.5 Å². The average molecular weight is 259 g/mol. The van der Waals surface area contributed by atoms with Gasteiger partial charge < -0.3 is 14.6 Å². The number of carboxylic acid groups (broad SMARTS) is 1. The second kappa shape index (κ2) is 4.72. The Morgan fingerprint density at radius 2 is 2.26 bits per heavy atom. The first kappa shape index (κ1) is 11.7. The van der Waals surface area contributed by atoms with E-state index in [1.165, 1.54) is 0 Å². The lowest BCUT2D eigenvalue weighted by molar-refractivity contribution is -0.142. The van der Waals surface area contributed by atoms with Gasteiger partial charge in [-0.15, -0.1) is 0 Å². The molecule has 1 aliphatic rings. The predicted octanol–water partition coefficient (Wildman–Crippen LogP) is 2.20. The van der Waals surface area contributed by atoms with Crippen molar-refractivity contribution in [3.05, 3.63) is 36.4 Å². The smallest absolute Gasteiger partial charge is 0.307 e. The minimum atomic E-state index is -0.825. The van der Waals surface area contributed by atoms with Crippen LogP contribution in [0.25, 0.3) is 11.5 Å². The molecule has 0 aromatic carbocycles. The molecular weight excluding hydrogens is 246 g/mol. The van der Waals surface area contributed by atoms with Crippen LogP contribution in [0, 0.1) is 5.92 Å². The summed E-state index contributed by atoms with van der Waals surface area (Å²) in [6.45, 7) is 0. The Morgan fingerprint density at radius 1 is 1.42 bits per heavy atom. The number of aromatic nitrogens is 3. The summed E-state index contributed by atoms with van der Waals surface area (Å²) < 4.78 is 5.23. The van der Waals surface area contributed by atoms with Crippen LogP contribution in [-0.2, 0) is 4.79 Å². The van der Waals surface area contributed by atoms with Gasteiger partial charge >= 0.3 is 5.97 Å². The van der Waals surface area contributed by atoms with Crippen LogP contribution in [0.2, 0.25) is 0 Å². The van der Waals surface area contributed by atoms with E-state index in [2.05, 4.69) is 15.1 Å². The molecule has 98 valence electrons. The van der Waals surface area contributed by atoms with Gasteiger partial charge in [0.25, 0.3) is 0 Å². The molecule has 2 aromatic heterocycles. The van der Waals surface area contributed by atoms with Gasteiger partial charge in [0.15, 0.2) is 0 Å². The lowest BCUT2D eigenvalue weighted by Gasteiger charge is -2.21. The number of rotatable bonds is 3. The summed E-state index contributed by atoms with van der Waals surface area (Å²) in [6.07, 6.45) is 6.73. The summed E-state index contributed by atoms with van der Waals surface area (Å²) in [5, 5.41) is 13.1. The fraction of sp³-hybridized carbons (Fsp3) is 0.308. The Kier molecular flexibility index (Phi) is 2.91. The highest BCUT2D eigenvalue weighted by molar-refractivity contribution is 5.71. The van der Waals surface area contributed by atoms with E-state index in [1.54, 1.807) is 6.20 Å². The van der Waals surface area contributed by atoms with Crippen molar-refractivity contribution in [3.8, 4) is 11.5 Å². The highest BCUT2D eigenvalue weighted by Crippen LogP contribution is 2.34. The number of aromatic amines is 1. The van der Waals surface area contributed by atoms with Crippen molar-refractivity contribution in [1.29, 1.82) is 0 Å². The van der Waals surface area contributed by atoms with Gasteiger partial charge in [-0.1, -0.05) is 17.3 Å². The monoisotopic (exact) mass is 259 g/mol. The molecule has 2 N–H and O–H groups in total. The van der Waals surface area contributed by atoms with E-state index in [9.17, 15) is 9.90 Å². The zero-order valence-corrected chi connectivity index (χ0v) is 10.1. The van der Waals surface area contributed by atoms with Gasteiger partial charge in [0, 0.05) is 6.20 Å². The lowest BCUT2D eigenvalue weighted by atomic mass is 9.83. The molecule has 6 nitrogen and oxygen atoms in total. The number of hydrogen-bond acceptors (Lipinski definition) is 4. The van der Waals surface area contributed by atoms with Crippen LogP contribution in [0.15, 0.2) is 35.0 Å². The third-order valence-corrected chi connectivity index (χ3v) is 3.35. The quantitative estimate of drug-likeness (QED) is 0.824. The molecule has 19 heavy (non-hydrogen) atoms. The molecule has 0 saturated heterocycles. The van der Waals surface area contributed by atoms with E-state index < -0.39 is 11.9 Å².